The standard InChI is InChI=1S/C19H17F3N2O2/c1-11-6-7-24-17-14(23)9-15(25-2)18(16(11)17)26-10-12-4-3-5-13(8-12)19(20,21)22/h3-9H,10,23H2,1-2H3. The first kappa shape index (κ1) is 17.8. The van der Waals surface area contributed by atoms with Crippen LogP contribution < -0.4 is 15.2 Å². The van der Waals surface area contributed by atoms with E-state index in [1.165, 1.54) is 13.2 Å². The van der Waals surface area contributed by atoms with E-state index in [4.69, 9.17) is 15.2 Å². The Balaban J connectivity index is 2.01. The summed E-state index contributed by atoms with van der Waals surface area (Å²) in [5.41, 5.74) is 7.57. The lowest BCUT2D eigenvalue weighted by atomic mass is 10.1. The van der Waals surface area contributed by atoms with Gasteiger partial charge in [0.25, 0.3) is 0 Å². The zero-order chi connectivity index (χ0) is 18.9. The van der Waals surface area contributed by atoms with Crippen LogP contribution >= 0.6 is 0 Å². The van der Waals surface area contributed by atoms with Gasteiger partial charge in [0.2, 0.25) is 0 Å². The van der Waals surface area contributed by atoms with E-state index in [2.05, 4.69) is 4.98 Å². The third kappa shape index (κ3) is 3.37. The lowest BCUT2D eigenvalue weighted by molar-refractivity contribution is -0.137. The number of hydrogen-bond donors (Lipinski definition) is 1. The largest absolute Gasteiger partial charge is 0.493 e. The number of benzene rings is 2. The molecule has 0 spiro atoms. The van der Waals surface area contributed by atoms with Crippen molar-refractivity contribution in [1.29, 1.82) is 0 Å². The second kappa shape index (κ2) is 6.74. The highest BCUT2D eigenvalue weighted by Gasteiger charge is 2.30. The molecule has 0 saturated heterocycles. The third-order valence-electron chi connectivity index (χ3n) is 4.03. The molecular formula is C19H17F3N2O2. The van der Waals surface area contributed by atoms with Gasteiger partial charge in [-0.15, -0.1) is 0 Å². The monoisotopic (exact) mass is 362 g/mol. The average Bonchev–Trinajstić information content (AvgIpc) is 2.60. The van der Waals surface area contributed by atoms with Crippen LogP contribution in [0.5, 0.6) is 11.5 Å². The van der Waals surface area contributed by atoms with Gasteiger partial charge in [-0.25, -0.2) is 0 Å². The van der Waals surface area contributed by atoms with Crippen molar-refractivity contribution in [3.8, 4) is 11.5 Å². The molecular weight excluding hydrogens is 345 g/mol. The number of aromatic nitrogens is 1. The zero-order valence-corrected chi connectivity index (χ0v) is 14.2. The number of anilines is 1. The SMILES string of the molecule is COc1cc(N)c2nccc(C)c2c1OCc1cccc(C(F)(F)F)c1. The lowest BCUT2D eigenvalue weighted by Crippen LogP contribution is -2.06. The number of rotatable bonds is 4. The second-order valence-electron chi connectivity index (χ2n) is 5.84. The van der Waals surface area contributed by atoms with Gasteiger partial charge >= 0.3 is 6.18 Å². The van der Waals surface area contributed by atoms with E-state index in [0.29, 0.717) is 33.7 Å². The minimum atomic E-state index is -4.40. The van der Waals surface area contributed by atoms with Crippen LogP contribution in [0.1, 0.15) is 16.7 Å². The van der Waals surface area contributed by atoms with Gasteiger partial charge in [0, 0.05) is 12.3 Å². The molecule has 0 aliphatic rings. The minimum absolute atomic E-state index is 0.0480. The van der Waals surface area contributed by atoms with Crippen LogP contribution in [0.2, 0.25) is 0 Å². The number of aryl methyl sites for hydroxylation is 1. The van der Waals surface area contributed by atoms with Gasteiger partial charge in [-0.05, 0) is 36.2 Å². The lowest BCUT2D eigenvalue weighted by Gasteiger charge is -2.16. The van der Waals surface area contributed by atoms with Gasteiger partial charge in [0.1, 0.15) is 6.61 Å². The predicted octanol–water partition coefficient (Wildman–Crippen LogP) is 4.73. The molecule has 26 heavy (non-hydrogen) atoms. The molecule has 136 valence electrons. The molecule has 2 aromatic carbocycles. The predicted molar refractivity (Wildman–Crippen MR) is 93.2 cm³/mol. The summed E-state index contributed by atoms with van der Waals surface area (Å²) in [4.78, 5) is 4.27. The number of nitrogen functional groups attached to an aromatic ring is 1. The van der Waals surface area contributed by atoms with Crippen LogP contribution in [0.3, 0.4) is 0 Å². The first-order valence-electron chi connectivity index (χ1n) is 7.82. The number of nitrogens with two attached hydrogens (primary N) is 1. The number of halogens is 3. The van der Waals surface area contributed by atoms with Gasteiger partial charge < -0.3 is 15.2 Å². The van der Waals surface area contributed by atoms with Gasteiger partial charge in [-0.3, -0.25) is 4.98 Å². The molecule has 2 N–H and O–H groups in total. The number of pyridine rings is 1. The highest BCUT2D eigenvalue weighted by atomic mass is 19.4. The molecule has 0 aliphatic heterocycles. The highest BCUT2D eigenvalue weighted by molar-refractivity contribution is 5.98. The fraction of sp³-hybridized carbons (Fsp3) is 0.211. The number of alkyl halides is 3. The Hall–Kier alpha value is -2.96. The van der Waals surface area contributed by atoms with E-state index in [-0.39, 0.29) is 6.61 Å². The molecule has 1 heterocycles. The van der Waals surface area contributed by atoms with Crippen molar-refractivity contribution in [2.24, 2.45) is 0 Å². The maximum absolute atomic E-state index is 12.9. The summed E-state index contributed by atoms with van der Waals surface area (Å²) in [6.07, 6.45) is -2.76. The Bertz CT molecular complexity index is 955. The molecule has 4 nitrogen and oxygen atoms in total. The van der Waals surface area contributed by atoms with Crippen LogP contribution in [0.25, 0.3) is 10.9 Å². The van der Waals surface area contributed by atoms with Crippen molar-refractivity contribution in [3.05, 3.63) is 59.3 Å². The van der Waals surface area contributed by atoms with Crippen molar-refractivity contribution in [3.63, 3.8) is 0 Å². The maximum atomic E-state index is 12.9. The summed E-state index contributed by atoms with van der Waals surface area (Å²) >= 11 is 0. The van der Waals surface area contributed by atoms with Crippen molar-refractivity contribution >= 4 is 16.6 Å². The first-order chi connectivity index (χ1) is 12.3. The summed E-state index contributed by atoms with van der Waals surface area (Å²) in [6.45, 7) is 1.83. The summed E-state index contributed by atoms with van der Waals surface area (Å²) in [7, 11) is 1.48. The van der Waals surface area contributed by atoms with E-state index in [9.17, 15) is 13.2 Å². The molecule has 0 radical (unpaired) electrons. The number of fused-ring (bicyclic) bond motifs is 1. The molecule has 0 fully saturated rings. The van der Waals surface area contributed by atoms with E-state index < -0.39 is 11.7 Å². The molecule has 3 rings (SSSR count). The summed E-state index contributed by atoms with van der Waals surface area (Å²) in [6, 6.07) is 8.42. The Morgan fingerprint density at radius 2 is 1.92 bits per heavy atom. The Morgan fingerprint density at radius 1 is 1.15 bits per heavy atom. The Labute approximate surface area is 148 Å². The number of nitrogens with zero attached hydrogens (tertiary/aromatic N) is 1. The number of ether oxygens (including phenoxy) is 2. The molecule has 7 heteroatoms. The van der Waals surface area contributed by atoms with Gasteiger partial charge in [-0.2, -0.15) is 13.2 Å². The first-order valence-corrected chi connectivity index (χ1v) is 7.82. The zero-order valence-electron chi connectivity index (χ0n) is 14.2. The second-order valence-corrected chi connectivity index (χ2v) is 5.84. The smallest absolute Gasteiger partial charge is 0.416 e. The summed E-state index contributed by atoms with van der Waals surface area (Å²) in [5, 5.41) is 0.677. The van der Waals surface area contributed by atoms with Gasteiger partial charge in [0.15, 0.2) is 11.5 Å². The van der Waals surface area contributed by atoms with Gasteiger partial charge in [-0.1, -0.05) is 12.1 Å². The topological polar surface area (TPSA) is 57.4 Å². The van der Waals surface area contributed by atoms with Crippen molar-refractivity contribution in [1.82, 2.24) is 4.98 Å². The molecule has 1 aromatic heterocycles. The molecule has 0 unspecified atom stereocenters. The van der Waals surface area contributed by atoms with Gasteiger partial charge in [0.05, 0.1) is 29.3 Å². The maximum Gasteiger partial charge on any atom is 0.416 e. The molecule has 0 amide bonds. The third-order valence-corrected chi connectivity index (χ3v) is 4.03. The average molecular weight is 362 g/mol. The fourth-order valence-corrected chi connectivity index (χ4v) is 2.75. The molecule has 0 aliphatic carbocycles. The van der Waals surface area contributed by atoms with Crippen LogP contribution in [0, 0.1) is 6.92 Å². The van der Waals surface area contributed by atoms with E-state index >= 15 is 0 Å². The Morgan fingerprint density at radius 3 is 2.62 bits per heavy atom. The van der Waals surface area contributed by atoms with Crippen molar-refractivity contribution in [2.75, 3.05) is 12.8 Å². The summed E-state index contributed by atoms with van der Waals surface area (Å²) < 4.78 is 49.8. The Kier molecular flexibility index (Phi) is 4.63. The van der Waals surface area contributed by atoms with Crippen molar-refractivity contribution in [2.45, 2.75) is 19.7 Å². The highest BCUT2D eigenvalue weighted by Crippen LogP contribution is 2.40. The fourth-order valence-electron chi connectivity index (χ4n) is 2.75. The molecule has 0 saturated carbocycles. The number of hydrogen-bond acceptors (Lipinski definition) is 4. The molecule has 3 aromatic rings. The molecule has 0 bridgehead atoms. The van der Waals surface area contributed by atoms with Crippen LogP contribution in [-0.2, 0) is 12.8 Å². The van der Waals surface area contributed by atoms with E-state index in [0.717, 1.165) is 17.7 Å². The van der Waals surface area contributed by atoms with Crippen molar-refractivity contribution < 1.29 is 22.6 Å². The normalized spacial score (nSPS) is 11.6. The van der Waals surface area contributed by atoms with E-state index in [1.54, 1.807) is 24.4 Å². The minimum Gasteiger partial charge on any atom is -0.493 e. The van der Waals surface area contributed by atoms with Crippen LogP contribution in [0.4, 0.5) is 18.9 Å². The quantitative estimate of drug-likeness (QED) is 0.682. The van der Waals surface area contributed by atoms with Crippen LogP contribution in [0.15, 0.2) is 42.6 Å². The summed E-state index contributed by atoms with van der Waals surface area (Å²) in [5.74, 6) is 0.804. The molecule has 0 atom stereocenters. The number of methoxy groups -OCH3 is 1. The van der Waals surface area contributed by atoms with E-state index in [1.807, 2.05) is 6.92 Å². The van der Waals surface area contributed by atoms with Crippen LogP contribution in [-0.4, -0.2) is 12.1 Å².